The second kappa shape index (κ2) is 8.21. The number of ether oxygens (including phenoxy) is 1. The van der Waals surface area contributed by atoms with Crippen molar-refractivity contribution in [3.05, 3.63) is 40.4 Å². The van der Waals surface area contributed by atoms with Gasteiger partial charge in [0, 0.05) is 23.7 Å². The molecule has 2 aliphatic carbocycles. The summed E-state index contributed by atoms with van der Waals surface area (Å²) < 4.78 is 5.46. The maximum atomic E-state index is 12.2. The topological polar surface area (TPSA) is 59.5 Å². The number of rotatable bonds is 6. The van der Waals surface area contributed by atoms with Crippen molar-refractivity contribution in [1.82, 2.24) is 4.98 Å². The minimum atomic E-state index is -0.156. The quantitative estimate of drug-likeness (QED) is 0.593. The predicted octanol–water partition coefficient (Wildman–Crippen LogP) is 5.35. The highest BCUT2D eigenvalue weighted by atomic mass is 35.5. The summed E-state index contributed by atoms with van der Waals surface area (Å²) in [5.41, 5.74) is 1.31. The van der Waals surface area contributed by atoms with Crippen molar-refractivity contribution in [1.29, 1.82) is 0 Å². The number of anilines is 2. The van der Waals surface area contributed by atoms with Gasteiger partial charge in [-0.3, -0.25) is 14.5 Å². The van der Waals surface area contributed by atoms with E-state index in [4.69, 9.17) is 16.3 Å². The fourth-order valence-corrected chi connectivity index (χ4v) is 5.62. The lowest BCUT2D eigenvalue weighted by Gasteiger charge is -2.20. The molecule has 1 heterocycles. The Hall–Kier alpha value is -1.92. The van der Waals surface area contributed by atoms with Crippen LogP contribution in [0.1, 0.15) is 44.7 Å². The first kappa shape index (κ1) is 19.4. The molecule has 3 atom stereocenters. The molecule has 5 nitrogen and oxygen atoms in total. The Morgan fingerprint density at radius 1 is 1.32 bits per heavy atom. The predicted molar refractivity (Wildman–Crippen MR) is 110 cm³/mol. The van der Waals surface area contributed by atoms with Gasteiger partial charge in [-0.15, -0.1) is 11.3 Å². The van der Waals surface area contributed by atoms with E-state index >= 15 is 0 Å². The number of halogens is 1. The highest BCUT2D eigenvalue weighted by Gasteiger charge is 2.40. The largest absolute Gasteiger partial charge is 0.459 e. The number of fused-ring (bicyclic) bond motifs is 2. The van der Waals surface area contributed by atoms with Crippen molar-refractivity contribution < 1.29 is 14.3 Å². The third kappa shape index (κ3) is 4.23. The van der Waals surface area contributed by atoms with E-state index in [1.54, 1.807) is 18.2 Å². The normalized spacial score (nSPS) is 23.0. The SMILES string of the molecule is CC(=O)N(c1cccc(Cl)c1)c1nc(COC(=O)CC2CC3CCC2C3)cs1. The number of hydrogen-bond acceptors (Lipinski definition) is 5. The van der Waals surface area contributed by atoms with Gasteiger partial charge in [-0.1, -0.05) is 24.1 Å². The first-order valence-electron chi connectivity index (χ1n) is 9.66. The van der Waals surface area contributed by atoms with E-state index in [1.165, 1.54) is 48.8 Å². The summed E-state index contributed by atoms with van der Waals surface area (Å²) in [6.07, 6.45) is 5.57. The molecule has 0 aliphatic heterocycles. The van der Waals surface area contributed by atoms with E-state index in [0.29, 0.717) is 39.8 Å². The first-order valence-corrected chi connectivity index (χ1v) is 10.9. The average molecular weight is 419 g/mol. The molecule has 7 heteroatoms. The fraction of sp³-hybridized carbons (Fsp3) is 0.476. The molecule has 2 bridgehead atoms. The zero-order chi connectivity index (χ0) is 19.7. The Morgan fingerprint density at radius 3 is 2.86 bits per heavy atom. The van der Waals surface area contributed by atoms with Gasteiger partial charge >= 0.3 is 5.97 Å². The molecular weight excluding hydrogens is 396 g/mol. The lowest BCUT2D eigenvalue weighted by atomic mass is 9.86. The van der Waals surface area contributed by atoms with Gasteiger partial charge < -0.3 is 4.74 Å². The van der Waals surface area contributed by atoms with Gasteiger partial charge in [0.05, 0.1) is 11.4 Å². The molecule has 1 aromatic carbocycles. The van der Waals surface area contributed by atoms with Crippen molar-refractivity contribution in [3.63, 3.8) is 0 Å². The molecule has 0 spiro atoms. The van der Waals surface area contributed by atoms with E-state index in [9.17, 15) is 9.59 Å². The summed E-state index contributed by atoms with van der Waals surface area (Å²) in [6, 6.07) is 7.08. The number of carbonyl (C=O) groups is 2. The van der Waals surface area contributed by atoms with Crippen LogP contribution in [0.3, 0.4) is 0 Å². The second-order valence-electron chi connectivity index (χ2n) is 7.76. The maximum absolute atomic E-state index is 12.2. The number of benzene rings is 1. The van der Waals surface area contributed by atoms with Crippen LogP contribution in [0, 0.1) is 17.8 Å². The van der Waals surface area contributed by atoms with Crippen LogP contribution in [0.4, 0.5) is 10.8 Å². The average Bonchev–Trinajstić information content (AvgIpc) is 3.37. The van der Waals surface area contributed by atoms with Gasteiger partial charge in [0.15, 0.2) is 5.13 Å². The molecule has 2 saturated carbocycles. The van der Waals surface area contributed by atoms with E-state index in [-0.39, 0.29) is 18.5 Å². The summed E-state index contributed by atoms with van der Waals surface area (Å²) in [6.45, 7) is 1.62. The van der Waals surface area contributed by atoms with Crippen molar-refractivity contribution in [2.24, 2.45) is 17.8 Å². The molecule has 0 saturated heterocycles. The number of carbonyl (C=O) groups excluding carboxylic acids is 2. The molecule has 2 aromatic rings. The van der Waals surface area contributed by atoms with Gasteiger partial charge in [0.1, 0.15) is 6.61 Å². The van der Waals surface area contributed by atoms with Crippen LogP contribution in [0.5, 0.6) is 0 Å². The van der Waals surface area contributed by atoms with Crippen LogP contribution in [0.2, 0.25) is 5.02 Å². The Labute approximate surface area is 173 Å². The summed E-state index contributed by atoms with van der Waals surface area (Å²) in [5.74, 6) is 1.73. The molecule has 148 valence electrons. The summed E-state index contributed by atoms with van der Waals surface area (Å²) in [4.78, 5) is 30.4. The zero-order valence-corrected chi connectivity index (χ0v) is 17.3. The summed E-state index contributed by atoms with van der Waals surface area (Å²) >= 11 is 7.39. The molecule has 3 unspecified atom stereocenters. The Balaban J connectivity index is 1.36. The molecule has 1 aromatic heterocycles. The minimum absolute atomic E-state index is 0.136. The Kier molecular flexibility index (Phi) is 5.69. The summed E-state index contributed by atoms with van der Waals surface area (Å²) in [5, 5.41) is 2.91. The number of esters is 1. The lowest BCUT2D eigenvalue weighted by Crippen LogP contribution is -2.22. The molecule has 2 fully saturated rings. The highest BCUT2D eigenvalue weighted by Crippen LogP contribution is 2.49. The Morgan fingerprint density at radius 2 is 2.18 bits per heavy atom. The highest BCUT2D eigenvalue weighted by molar-refractivity contribution is 7.14. The number of hydrogen-bond donors (Lipinski definition) is 0. The van der Waals surface area contributed by atoms with Crippen molar-refractivity contribution in [3.8, 4) is 0 Å². The molecule has 4 rings (SSSR count). The zero-order valence-electron chi connectivity index (χ0n) is 15.8. The van der Waals surface area contributed by atoms with Crippen LogP contribution in [-0.4, -0.2) is 16.9 Å². The molecule has 28 heavy (non-hydrogen) atoms. The van der Waals surface area contributed by atoms with E-state index in [0.717, 1.165) is 5.92 Å². The number of amides is 1. The van der Waals surface area contributed by atoms with Gasteiger partial charge in [-0.25, -0.2) is 4.98 Å². The smallest absolute Gasteiger partial charge is 0.306 e. The monoisotopic (exact) mass is 418 g/mol. The van der Waals surface area contributed by atoms with Crippen LogP contribution in [0.15, 0.2) is 29.6 Å². The van der Waals surface area contributed by atoms with Gasteiger partial charge in [-0.05, 0) is 55.2 Å². The third-order valence-corrected chi connectivity index (χ3v) is 6.92. The third-order valence-electron chi connectivity index (χ3n) is 5.81. The van der Waals surface area contributed by atoms with Gasteiger partial charge in [0.2, 0.25) is 5.91 Å². The van der Waals surface area contributed by atoms with Crippen LogP contribution in [0.25, 0.3) is 0 Å². The second-order valence-corrected chi connectivity index (χ2v) is 9.03. The standard InChI is InChI=1S/C21H23ClN2O3S/c1-13(25)24(19-4-2-3-17(22)10-19)21-23-18(12-28-21)11-27-20(26)9-16-8-14-5-6-15(16)7-14/h2-4,10,12,14-16H,5-9,11H2,1H3. The summed E-state index contributed by atoms with van der Waals surface area (Å²) in [7, 11) is 0. The number of nitrogens with zero attached hydrogens (tertiary/aromatic N) is 2. The minimum Gasteiger partial charge on any atom is -0.459 e. The maximum Gasteiger partial charge on any atom is 0.306 e. The molecule has 0 N–H and O–H groups in total. The van der Waals surface area contributed by atoms with Crippen molar-refractivity contribution in [2.45, 2.75) is 45.6 Å². The van der Waals surface area contributed by atoms with E-state index in [1.807, 2.05) is 11.4 Å². The Bertz CT molecular complexity index is 884. The lowest BCUT2D eigenvalue weighted by molar-refractivity contribution is -0.146. The molecule has 2 aliphatic rings. The van der Waals surface area contributed by atoms with Gasteiger partial charge in [-0.2, -0.15) is 0 Å². The molecule has 0 radical (unpaired) electrons. The van der Waals surface area contributed by atoms with E-state index < -0.39 is 0 Å². The molecular formula is C21H23ClN2O3S. The molecule has 1 amide bonds. The van der Waals surface area contributed by atoms with Crippen molar-refractivity contribution in [2.75, 3.05) is 4.90 Å². The van der Waals surface area contributed by atoms with Gasteiger partial charge in [0.25, 0.3) is 0 Å². The fourth-order valence-electron chi connectivity index (χ4n) is 4.56. The van der Waals surface area contributed by atoms with Crippen LogP contribution < -0.4 is 4.90 Å². The van der Waals surface area contributed by atoms with Crippen LogP contribution >= 0.6 is 22.9 Å². The number of aromatic nitrogens is 1. The number of thiazole rings is 1. The van der Waals surface area contributed by atoms with E-state index in [2.05, 4.69) is 4.98 Å². The van der Waals surface area contributed by atoms with Crippen LogP contribution in [-0.2, 0) is 20.9 Å². The first-order chi connectivity index (χ1) is 13.5. The van der Waals surface area contributed by atoms with Crippen molar-refractivity contribution >= 4 is 45.6 Å².